The highest BCUT2D eigenvalue weighted by molar-refractivity contribution is 5.76. The number of nitrogens with one attached hydrogen (secondary N) is 1. The Morgan fingerprint density at radius 3 is 1.01 bits per heavy atom. The van der Waals surface area contributed by atoms with E-state index in [1.165, 1.54) is 321 Å². The number of rotatable bonds is 67. The van der Waals surface area contributed by atoms with E-state index in [0.29, 0.717) is 6.42 Å². The Kier molecular flexibility index (Phi) is 62.6. The molecule has 1 saturated heterocycles. The molecule has 0 spiro atoms. The maximum absolute atomic E-state index is 13.2. The average Bonchev–Trinajstić information content (AvgIpc) is 3.71. The molecule has 0 saturated carbocycles. The van der Waals surface area contributed by atoms with Gasteiger partial charge >= 0.3 is 0 Å². The van der Waals surface area contributed by atoms with Gasteiger partial charge in [-0.3, -0.25) is 4.79 Å². The van der Waals surface area contributed by atoms with E-state index in [-0.39, 0.29) is 12.5 Å². The van der Waals surface area contributed by atoms with Gasteiger partial charge < -0.3 is 40.3 Å². The predicted octanol–water partition coefficient (Wildman–Crippen LogP) is 21.0. The molecule has 0 radical (unpaired) electrons. The summed E-state index contributed by atoms with van der Waals surface area (Å²) < 4.78 is 11.3. The molecular formula is C76H145NO8. The van der Waals surface area contributed by atoms with E-state index in [4.69, 9.17) is 9.47 Å². The van der Waals surface area contributed by atoms with Crippen molar-refractivity contribution in [1.29, 1.82) is 0 Å². The summed E-state index contributed by atoms with van der Waals surface area (Å²) in [6.45, 7) is 3.83. The molecule has 9 heteroatoms. The lowest BCUT2D eigenvalue weighted by Gasteiger charge is -2.40. The van der Waals surface area contributed by atoms with E-state index in [9.17, 15) is 30.3 Å². The van der Waals surface area contributed by atoms with Gasteiger partial charge in [0.2, 0.25) is 5.91 Å². The monoisotopic (exact) mass is 1200 g/mol. The van der Waals surface area contributed by atoms with Gasteiger partial charge in [0.15, 0.2) is 6.29 Å². The zero-order valence-electron chi connectivity index (χ0n) is 56.4. The van der Waals surface area contributed by atoms with E-state index < -0.39 is 49.5 Å². The molecule has 1 heterocycles. The number of allylic oxidation sites excluding steroid dienone is 5. The number of ether oxygens (including phenoxy) is 2. The molecule has 1 aliphatic heterocycles. The molecule has 6 N–H and O–H groups in total. The first-order chi connectivity index (χ1) is 41.8. The molecule has 7 unspecified atom stereocenters. The first kappa shape index (κ1) is 81.4. The van der Waals surface area contributed by atoms with Crippen LogP contribution in [0.25, 0.3) is 0 Å². The van der Waals surface area contributed by atoms with Crippen molar-refractivity contribution in [2.24, 2.45) is 0 Å². The second-order valence-electron chi connectivity index (χ2n) is 26.4. The van der Waals surface area contributed by atoms with Gasteiger partial charge in [0.05, 0.1) is 25.4 Å². The lowest BCUT2D eigenvalue weighted by molar-refractivity contribution is -0.302. The molecule has 1 amide bonds. The second-order valence-corrected chi connectivity index (χ2v) is 26.4. The van der Waals surface area contributed by atoms with Crippen LogP contribution in [0.2, 0.25) is 0 Å². The van der Waals surface area contributed by atoms with Gasteiger partial charge in [-0.1, -0.05) is 365 Å². The number of carbonyl (C=O) groups is 1. The third kappa shape index (κ3) is 53.9. The van der Waals surface area contributed by atoms with E-state index in [0.717, 1.165) is 44.9 Å². The third-order valence-corrected chi connectivity index (χ3v) is 18.2. The Morgan fingerprint density at radius 1 is 0.400 bits per heavy atom. The minimum atomic E-state index is -1.57. The summed E-state index contributed by atoms with van der Waals surface area (Å²) in [6.07, 6.45) is 81.3. The summed E-state index contributed by atoms with van der Waals surface area (Å²) in [6, 6.07) is -0.805. The Labute approximate surface area is 527 Å². The van der Waals surface area contributed by atoms with Crippen LogP contribution in [-0.2, 0) is 14.3 Å². The summed E-state index contributed by atoms with van der Waals surface area (Å²) in [5.41, 5.74) is 0. The highest BCUT2D eigenvalue weighted by atomic mass is 16.7. The normalized spacial score (nSPS) is 18.2. The van der Waals surface area contributed by atoms with Gasteiger partial charge in [-0.15, -0.1) is 0 Å². The minimum Gasteiger partial charge on any atom is -0.394 e. The maximum atomic E-state index is 13.2. The molecule has 7 atom stereocenters. The number of aliphatic hydroxyl groups excluding tert-OH is 5. The molecule has 0 aromatic carbocycles. The van der Waals surface area contributed by atoms with Crippen LogP contribution in [0.1, 0.15) is 386 Å². The topological polar surface area (TPSA) is 149 Å². The van der Waals surface area contributed by atoms with Crippen molar-refractivity contribution >= 4 is 5.91 Å². The van der Waals surface area contributed by atoms with Crippen LogP contribution in [0.3, 0.4) is 0 Å². The van der Waals surface area contributed by atoms with Crippen LogP contribution >= 0.6 is 0 Å². The van der Waals surface area contributed by atoms with Crippen LogP contribution in [0.5, 0.6) is 0 Å². The van der Waals surface area contributed by atoms with E-state index in [1.807, 2.05) is 6.08 Å². The van der Waals surface area contributed by atoms with E-state index in [2.05, 4.69) is 43.5 Å². The van der Waals surface area contributed by atoms with Gasteiger partial charge in [0, 0.05) is 6.42 Å². The molecule has 502 valence electrons. The molecule has 0 aromatic rings. The number of aliphatic hydroxyl groups is 5. The molecular weight excluding hydrogens is 1050 g/mol. The summed E-state index contributed by atoms with van der Waals surface area (Å²) in [5.74, 6) is -0.168. The van der Waals surface area contributed by atoms with Gasteiger partial charge in [-0.2, -0.15) is 0 Å². The SMILES string of the molecule is CCCCCCC/C=C\C/C=C\CCCCCCCCCCCCCCCCCCCCCCCCCC(=O)NC(COC1OC(CO)C(O)C(O)C1O)C(O)/C=C/CCCCCCCCCCCCCCCCCCCCCCCCCCC. The van der Waals surface area contributed by atoms with Crippen molar-refractivity contribution in [2.75, 3.05) is 13.2 Å². The van der Waals surface area contributed by atoms with Crippen molar-refractivity contribution in [3.05, 3.63) is 36.5 Å². The zero-order chi connectivity index (χ0) is 61.4. The molecule has 0 aliphatic carbocycles. The first-order valence-corrected chi connectivity index (χ1v) is 37.7. The van der Waals surface area contributed by atoms with Crippen molar-refractivity contribution in [3.8, 4) is 0 Å². The van der Waals surface area contributed by atoms with E-state index in [1.54, 1.807) is 6.08 Å². The fourth-order valence-corrected chi connectivity index (χ4v) is 12.3. The molecule has 0 bridgehead atoms. The van der Waals surface area contributed by atoms with Crippen molar-refractivity contribution < 1.29 is 39.8 Å². The average molecular weight is 1200 g/mol. The fraction of sp³-hybridized carbons (Fsp3) is 0.908. The molecule has 1 rings (SSSR count). The Bertz CT molecular complexity index is 1440. The number of hydrogen-bond acceptors (Lipinski definition) is 8. The first-order valence-electron chi connectivity index (χ1n) is 37.7. The minimum absolute atomic E-state index is 0.168. The van der Waals surface area contributed by atoms with Gasteiger partial charge in [-0.25, -0.2) is 0 Å². The summed E-state index contributed by atoms with van der Waals surface area (Å²) in [4.78, 5) is 13.2. The van der Waals surface area contributed by atoms with Crippen LogP contribution in [0.15, 0.2) is 36.5 Å². The summed E-state index contributed by atoms with van der Waals surface area (Å²) in [5, 5.41) is 54.9. The number of unbranched alkanes of at least 4 members (excludes halogenated alkanes) is 53. The van der Waals surface area contributed by atoms with Crippen molar-refractivity contribution in [2.45, 2.75) is 429 Å². The highest BCUT2D eigenvalue weighted by Gasteiger charge is 2.44. The molecule has 0 aromatic heterocycles. The van der Waals surface area contributed by atoms with Gasteiger partial charge in [0.25, 0.3) is 0 Å². The molecule has 85 heavy (non-hydrogen) atoms. The third-order valence-electron chi connectivity index (χ3n) is 18.2. The van der Waals surface area contributed by atoms with E-state index >= 15 is 0 Å². The van der Waals surface area contributed by atoms with Crippen molar-refractivity contribution in [3.63, 3.8) is 0 Å². The fourth-order valence-electron chi connectivity index (χ4n) is 12.3. The molecule has 9 nitrogen and oxygen atoms in total. The summed E-state index contributed by atoms with van der Waals surface area (Å²) >= 11 is 0. The maximum Gasteiger partial charge on any atom is 0.220 e. The lowest BCUT2D eigenvalue weighted by Crippen LogP contribution is -2.60. The van der Waals surface area contributed by atoms with Crippen LogP contribution in [0, 0.1) is 0 Å². The smallest absolute Gasteiger partial charge is 0.220 e. The van der Waals surface area contributed by atoms with Crippen LogP contribution < -0.4 is 5.32 Å². The quantitative estimate of drug-likeness (QED) is 0.0261. The predicted molar refractivity (Wildman–Crippen MR) is 364 cm³/mol. The Balaban J connectivity index is 2.08. The zero-order valence-corrected chi connectivity index (χ0v) is 56.4. The van der Waals surface area contributed by atoms with Gasteiger partial charge in [-0.05, 0) is 51.4 Å². The summed E-state index contributed by atoms with van der Waals surface area (Å²) in [7, 11) is 0. The Morgan fingerprint density at radius 2 is 0.694 bits per heavy atom. The number of amides is 1. The standard InChI is InChI=1S/C76H145NO8/c1-3-5-7-9-11-13-15-17-19-21-23-25-27-29-31-32-33-34-35-36-37-38-40-42-44-46-48-50-52-54-56-58-60-62-64-66-72(80)77-69(68-84-76-75(83)74(82)73(81)71(67-78)85-76)70(79)65-63-61-59-57-55-53-51-49-47-45-43-41-39-30-28-26-24-22-20-18-16-14-12-10-8-6-4-2/h15,17,21,23,63,65,69-71,73-76,78-79,81-83H,3-14,16,18-20,22,24-62,64,66-68H2,1-2H3,(H,77,80)/b17-15-,23-21-,65-63+. The second kappa shape index (κ2) is 65.4. The highest BCUT2D eigenvalue weighted by Crippen LogP contribution is 2.24. The number of carbonyl (C=O) groups excluding carboxylic acids is 1. The molecule has 1 fully saturated rings. The number of hydrogen-bond donors (Lipinski definition) is 6. The van der Waals surface area contributed by atoms with Crippen LogP contribution in [-0.4, -0.2) is 87.5 Å². The van der Waals surface area contributed by atoms with Gasteiger partial charge in [0.1, 0.15) is 24.4 Å². The molecule has 1 aliphatic rings. The van der Waals surface area contributed by atoms with Crippen LogP contribution in [0.4, 0.5) is 0 Å². The van der Waals surface area contributed by atoms with Crippen molar-refractivity contribution in [1.82, 2.24) is 5.32 Å². The largest absolute Gasteiger partial charge is 0.394 e. The lowest BCUT2D eigenvalue weighted by atomic mass is 9.99. The Hall–Kier alpha value is -1.59.